The number of aromatic nitrogens is 3. The monoisotopic (exact) mass is 325 g/mol. The van der Waals surface area contributed by atoms with Crippen LogP contribution < -0.4 is 0 Å². The third kappa shape index (κ3) is 3.21. The highest BCUT2D eigenvalue weighted by Crippen LogP contribution is 2.22. The normalized spacial score (nSPS) is 11.8. The summed E-state index contributed by atoms with van der Waals surface area (Å²) in [6, 6.07) is 6.60. The molecule has 1 aromatic carbocycles. The zero-order valence-electron chi connectivity index (χ0n) is 11.3. The molecule has 0 aliphatic carbocycles. The second-order valence-electron chi connectivity index (χ2n) is 5.48. The Labute approximate surface area is 121 Å². The first kappa shape index (κ1) is 14.2. The fraction of sp³-hybridized carbons (Fsp3) is 0.429. The Balaban J connectivity index is 2.38. The van der Waals surface area contributed by atoms with Gasteiger partial charge in [0, 0.05) is 12.0 Å². The highest BCUT2D eigenvalue weighted by molar-refractivity contribution is 9.08. The third-order valence-electron chi connectivity index (χ3n) is 2.84. The number of hydrogen-bond acceptors (Lipinski definition) is 2. The van der Waals surface area contributed by atoms with E-state index in [-0.39, 0.29) is 11.4 Å². The van der Waals surface area contributed by atoms with E-state index in [1.807, 2.05) is 6.07 Å². The van der Waals surface area contributed by atoms with E-state index in [1.165, 1.54) is 12.1 Å². The molecule has 1 heterocycles. The Kier molecular flexibility index (Phi) is 4.04. The van der Waals surface area contributed by atoms with E-state index in [4.69, 9.17) is 0 Å². The summed E-state index contributed by atoms with van der Waals surface area (Å²) in [5, 5.41) is 9.08. The van der Waals surface area contributed by atoms with E-state index in [2.05, 4.69) is 51.5 Å². The summed E-state index contributed by atoms with van der Waals surface area (Å²) in [5.41, 5.74) is 0.800. The lowest BCUT2D eigenvalue weighted by Gasteiger charge is -2.24. The Bertz CT molecular complexity index is 572. The van der Waals surface area contributed by atoms with Crippen LogP contribution in [-0.2, 0) is 17.3 Å². The molecule has 1 aromatic heterocycles. The maximum atomic E-state index is 13.2. The number of benzene rings is 1. The van der Waals surface area contributed by atoms with Crippen molar-refractivity contribution in [1.29, 1.82) is 0 Å². The summed E-state index contributed by atoms with van der Waals surface area (Å²) >= 11 is 3.43. The van der Waals surface area contributed by atoms with Crippen molar-refractivity contribution in [2.45, 2.75) is 38.1 Å². The molecule has 0 spiro atoms. The summed E-state index contributed by atoms with van der Waals surface area (Å²) in [6.07, 6.45) is 0.578. The maximum absolute atomic E-state index is 13.2. The quantitative estimate of drug-likeness (QED) is 0.806. The van der Waals surface area contributed by atoms with Crippen molar-refractivity contribution in [2.24, 2.45) is 0 Å². The number of halogens is 2. The topological polar surface area (TPSA) is 30.7 Å². The summed E-state index contributed by atoms with van der Waals surface area (Å²) < 4.78 is 15.3. The van der Waals surface area contributed by atoms with E-state index >= 15 is 0 Å². The molecule has 5 heteroatoms. The van der Waals surface area contributed by atoms with Gasteiger partial charge in [0.15, 0.2) is 0 Å². The van der Waals surface area contributed by atoms with Gasteiger partial charge in [0.25, 0.3) is 0 Å². The fourth-order valence-electron chi connectivity index (χ4n) is 2.16. The van der Waals surface area contributed by atoms with E-state index < -0.39 is 0 Å². The standard InChI is InChI=1S/C14H17BrFN3/c1-14(2,3)19-12(17-18-13(19)9-15)8-10-5-4-6-11(16)7-10/h4-7H,8-9H2,1-3H3. The molecule has 0 amide bonds. The zero-order valence-corrected chi connectivity index (χ0v) is 12.9. The van der Waals surface area contributed by atoms with Gasteiger partial charge in [-0.2, -0.15) is 0 Å². The molecular formula is C14H17BrFN3. The second kappa shape index (κ2) is 5.41. The lowest BCUT2D eigenvalue weighted by Crippen LogP contribution is -2.26. The van der Waals surface area contributed by atoms with Crippen LogP contribution in [0.25, 0.3) is 0 Å². The minimum Gasteiger partial charge on any atom is -0.309 e. The highest BCUT2D eigenvalue weighted by atomic mass is 79.9. The van der Waals surface area contributed by atoms with Crippen LogP contribution in [0.1, 0.15) is 38.0 Å². The average molecular weight is 326 g/mol. The van der Waals surface area contributed by atoms with Crippen molar-refractivity contribution in [3.63, 3.8) is 0 Å². The summed E-state index contributed by atoms with van der Waals surface area (Å²) in [7, 11) is 0. The minimum atomic E-state index is -0.222. The van der Waals surface area contributed by atoms with E-state index in [1.54, 1.807) is 6.07 Å². The van der Waals surface area contributed by atoms with Crippen LogP contribution in [0, 0.1) is 5.82 Å². The maximum Gasteiger partial charge on any atom is 0.144 e. The molecular weight excluding hydrogens is 309 g/mol. The molecule has 0 saturated heterocycles. The molecule has 2 rings (SSSR count). The smallest absolute Gasteiger partial charge is 0.144 e. The van der Waals surface area contributed by atoms with Gasteiger partial charge in [0.05, 0.1) is 5.33 Å². The van der Waals surface area contributed by atoms with Crippen LogP contribution in [0.2, 0.25) is 0 Å². The molecule has 0 unspecified atom stereocenters. The highest BCUT2D eigenvalue weighted by Gasteiger charge is 2.22. The van der Waals surface area contributed by atoms with Gasteiger partial charge in [0.2, 0.25) is 0 Å². The molecule has 0 atom stereocenters. The summed E-state index contributed by atoms with van der Waals surface area (Å²) in [6.45, 7) is 6.33. The number of nitrogens with zero attached hydrogens (tertiary/aromatic N) is 3. The van der Waals surface area contributed by atoms with Crippen LogP contribution in [0.3, 0.4) is 0 Å². The van der Waals surface area contributed by atoms with Crippen LogP contribution in [0.4, 0.5) is 4.39 Å². The Morgan fingerprint density at radius 3 is 2.47 bits per heavy atom. The van der Waals surface area contributed by atoms with Gasteiger partial charge in [-0.25, -0.2) is 4.39 Å². The van der Waals surface area contributed by atoms with Gasteiger partial charge in [0.1, 0.15) is 17.5 Å². The van der Waals surface area contributed by atoms with Gasteiger partial charge in [-0.3, -0.25) is 0 Å². The Morgan fingerprint density at radius 2 is 1.89 bits per heavy atom. The number of rotatable bonds is 3. The summed E-state index contributed by atoms with van der Waals surface area (Å²) in [4.78, 5) is 0. The van der Waals surface area contributed by atoms with Gasteiger partial charge >= 0.3 is 0 Å². The molecule has 0 saturated carbocycles. The zero-order chi connectivity index (χ0) is 14.0. The molecule has 0 fully saturated rings. The van der Waals surface area contributed by atoms with Gasteiger partial charge in [-0.05, 0) is 38.5 Å². The Morgan fingerprint density at radius 1 is 1.21 bits per heavy atom. The van der Waals surface area contributed by atoms with Crippen molar-refractivity contribution in [1.82, 2.24) is 14.8 Å². The van der Waals surface area contributed by atoms with Crippen molar-refractivity contribution in [2.75, 3.05) is 0 Å². The van der Waals surface area contributed by atoms with Gasteiger partial charge < -0.3 is 4.57 Å². The SMILES string of the molecule is CC(C)(C)n1c(CBr)nnc1Cc1cccc(F)c1. The average Bonchev–Trinajstić information content (AvgIpc) is 2.71. The van der Waals surface area contributed by atoms with Crippen LogP contribution in [0.15, 0.2) is 24.3 Å². The molecule has 0 N–H and O–H groups in total. The van der Waals surface area contributed by atoms with Crippen molar-refractivity contribution < 1.29 is 4.39 Å². The molecule has 0 aliphatic heterocycles. The molecule has 2 aromatic rings. The number of alkyl halides is 1. The minimum absolute atomic E-state index is 0.102. The van der Waals surface area contributed by atoms with Gasteiger partial charge in [-0.1, -0.05) is 28.1 Å². The predicted octanol–water partition coefficient (Wildman–Crippen LogP) is 3.66. The summed E-state index contributed by atoms with van der Waals surface area (Å²) in [5.74, 6) is 1.52. The van der Waals surface area contributed by atoms with E-state index in [0.717, 1.165) is 17.2 Å². The predicted molar refractivity (Wildman–Crippen MR) is 76.9 cm³/mol. The first-order valence-corrected chi connectivity index (χ1v) is 7.28. The first-order chi connectivity index (χ1) is 8.91. The molecule has 0 bridgehead atoms. The number of hydrogen-bond donors (Lipinski definition) is 0. The molecule has 0 radical (unpaired) electrons. The second-order valence-corrected chi connectivity index (χ2v) is 6.04. The van der Waals surface area contributed by atoms with Gasteiger partial charge in [-0.15, -0.1) is 10.2 Å². The fourth-order valence-corrected chi connectivity index (χ4v) is 2.52. The molecule has 102 valence electrons. The van der Waals surface area contributed by atoms with Crippen LogP contribution in [-0.4, -0.2) is 14.8 Å². The van der Waals surface area contributed by atoms with Crippen LogP contribution >= 0.6 is 15.9 Å². The molecule has 19 heavy (non-hydrogen) atoms. The van der Waals surface area contributed by atoms with Crippen LogP contribution in [0.5, 0.6) is 0 Å². The largest absolute Gasteiger partial charge is 0.309 e. The van der Waals surface area contributed by atoms with Crippen molar-refractivity contribution >= 4 is 15.9 Å². The lowest BCUT2D eigenvalue weighted by atomic mass is 10.1. The Hall–Kier alpha value is -1.23. The van der Waals surface area contributed by atoms with E-state index in [9.17, 15) is 4.39 Å². The lowest BCUT2D eigenvalue weighted by molar-refractivity contribution is 0.375. The third-order valence-corrected chi connectivity index (χ3v) is 3.34. The van der Waals surface area contributed by atoms with E-state index in [0.29, 0.717) is 11.8 Å². The molecule has 3 nitrogen and oxygen atoms in total. The molecule has 0 aliphatic rings. The van der Waals surface area contributed by atoms with Crippen molar-refractivity contribution in [3.8, 4) is 0 Å². The van der Waals surface area contributed by atoms with Crippen molar-refractivity contribution in [3.05, 3.63) is 47.3 Å². The first-order valence-electron chi connectivity index (χ1n) is 6.16.